The molecule has 0 aliphatic carbocycles. The monoisotopic (exact) mass is 302 g/mol. The number of hydrogen-bond acceptors (Lipinski definition) is 4. The van der Waals surface area contributed by atoms with Crippen LogP contribution in [-0.2, 0) is 0 Å². The number of rotatable bonds is 3. The first kappa shape index (κ1) is 13.5. The second kappa shape index (κ2) is 5.57. The first-order valence-electron chi connectivity index (χ1n) is 7.35. The van der Waals surface area contributed by atoms with Crippen molar-refractivity contribution < 1.29 is 8.94 Å². The molecule has 2 aromatic carbocycles. The highest BCUT2D eigenvalue weighted by Gasteiger charge is 2.13. The van der Waals surface area contributed by atoms with E-state index in [4.69, 9.17) is 8.94 Å². The van der Waals surface area contributed by atoms with Crippen LogP contribution in [0, 0.1) is 6.92 Å². The summed E-state index contributed by atoms with van der Waals surface area (Å²) in [7, 11) is 0. The molecule has 23 heavy (non-hydrogen) atoms. The van der Waals surface area contributed by atoms with Crippen LogP contribution in [0.1, 0.15) is 5.56 Å². The third-order valence-electron chi connectivity index (χ3n) is 3.73. The van der Waals surface area contributed by atoms with E-state index >= 15 is 0 Å². The largest absolute Gasteiger partial charge is 0.464 e. The minimum atomic E-state index is 0.497. The van der Waals surface area contributed by atoms with E-state index in [0.29, 0.717) is 11.7 Å². The number of furan rings is 1. The van der Waals surface area contributed by atoms with Crippen molar-refractivity contribution >= 4 is 0 Å². The van der Waals surface area contributed by atoms with Gasteiger partial charge in [-0.2, -0.15) is 4.98 Å². The molecular formula is C19H14N2O2. The Bertz CT molecular complexity index is 939. The summed E-state index contributed by atoms with van der Waals surface area (Å²) in [6.07, 6.45) is 1.66. The Balaban J connectivity index is 1.73. The van der Waals surface area contributed by atoms with Crippen LogP contribution in [0.25, 0.3) is 34.2 Å². The van der Waals surface area contributed by atoms with Crippen LogP contribution in [0.15, 0.2) is 75.9 Å². The van der Waals surface area contributed by atoms with Crippen molar-refractivity contribution in [3.63, 3.8) is 0 Å². The lowest BCUT2D eigenvalue weighted by molar-refractivity contribution is 0.432. The quantitative estimate of drug-likeness (QED) is 0.536. The Morgan fingerprint density at radius 3 is 2.57 bits per heavy atom. The molecule has 0 radical (unpaired) electrons. The third kappa shape index (κ3) is 2.55. The third-order valence-corrected chi connectivity index (χ3v) is 3.73. The molecule has 0 saturated carbocycles. The van der Waals surface area contributed by atoms with Gasteiger partial charge in [0.15, 0.2) is 0 Å². The molecule has 0 fully saturated rings. The molecule has 2 heterocycles. The maximum absolute atomic E-state index is 5.44. The van der Waals surface area contributed by atoms with Crippen LogP contribution < -0.4 is 0 Å². The highest BCUT2D eigenvalue weighted by molar-refractivity contribution is 5.68. The lowest BCUT2D eigenvalue weighted by atomic mass is 10.1. The summed E-state index contributed by atoms with van der Waals surface area (Å²) < 4.78 is 10.9. The predicted molar refractivity (Wildman–Crippen MR) is 87.6 cm³/mol. The number of hydrogen-bond donors (Lipinski definition) is 0. The molecule has 112 valence electrons. The fourth-order valence-corrected chi connectivity index (χ4v) is 2.52. The molecule has 4 heteroatoms. The average molecular weight is 302 g/mol. The highest BCUT2D eigenvalue weighted by Crippen LogP contribution is 2.28. The molecule has 0 aliphatic rings. The topological polar surface area (TPSA) is 52.1 Å². The first-order valence-corrected chi connectivity index (χ1v) is 7.35. The Morgan fingerprint density at radius 1 is 0.870 bits per heavy atom. The molecule has 4 aromatic rings. The number of benzene rings is 2. The van der Waals surface area contributed by atoms with Crippen molar-refractivity contribution in [1.29, 1.82) is 0 Å². The second-order valence-electron chi connectivity index (χ2n) is 5.30. The zero-order valence-corrected chi connectivity index (χ0v) is 12.6. The molecule has 4 nitrogen and oxygen atoms in total. The summed E-state index contributed by atoms with van der Waals surface area (Å²) in [5.41, 5.74) is 3.93. The lowest BCUT2D eigenvalue weighted by Crippen LogP contribution is -1.85. The normalized spacial score (nSPS) is 10.8. The summed E-state index contributed by atoms with van der Waals surface area (Å²) >= 11 is 0. The Labute approximate surface area is 133 Å². The fourth-order valence-electron chi connectivity index (χ4n) is 2.52. The van der Waals surface area contributed by atoms with E-state index in [9.17, 15) is 0 Å². The minimum Gasteiger partial charge on any atom is -0.464 e. The van der Waals surface area contributed by atoms with E-state index in [0.717, 1.165) is 28.0 Å². The van der Waals surface area contributed by atoms with Gasteiger partial charge in [-0.05, 0) is 36.8 Å². The molecule has 0 unspecified atom stereocenters. The van der Waals surface area contributed by atoms with Crippen molar-refractivity contribution in [2.45, 2.75) is 6.92 Å². The summed E-state index contributed by atoms with van der Waals surface area (Å²) in [6, 6.07) is 19.6. The van der Waals surface area contributed by atoms with Gasteiger partial charge in [0.25, 0.3) is 5.89 Å². The van der Waals surface area contributed by atoms with Crippen LogP contribution in [0.2, 0.25) is 0 Å². The lowest BCUT2D eigenvalue weighted by Gasteiger charge is -1.99. The van der Waals surface area contributed by atoms with Crippen molar-refractivity contribution in [3.05, 3.63) is 72.5 Å². The first-order chi connectivity index (χ1) is 11.3. The molecule has 0 bridgehead atoms. The van der Waals surface area contributed by atoms with E-state index in [1.807, 2.05) is 67.6 Å². The van der Waals surface area contributed by atoms with Gasteiger partial charge in [-0.1, -0.05) is 41.6 Å². The number of aryl methyl sites for hydroxylation is 1. The maximum atomic E-state index is 5.44. The summed E-state index contributed by atoms with van der Waals surface area (Å²) in [6.45, 7) is 2.03. The maximum Gasteiger partial charge on any atom is 0.258 e. The average Bonchev–Trinajstić information content (AvgIpc) is 3.27. The molecule has 0 atom stereocenters. The summed E-state index contributed by atoms with van der Waals surface area (Å²) in [5, 5.41) is 4.11. The Morgan fingerprint density at radius 2 is 1.74 bits per heavy atom. The molecule has 0 N–H and O–H groups in total. The Kier molecular flexibility index (Phi) is 3.27. The van der Waals surface area contributed by atoms with Crippen LogP contribution >= 0.6 is 0 Å². The standard InChI is InChI=1S/C19H14N2O2/c1-13-6-2-3-9-16(13)18-20-19(23-21-18)15-8-4-7-14(12-15)17-10-5-11-22-17/h2-12H,1H3. The van der Waals surface area contributed by atoms with Gasteiger partial charge in [0.2, 0.25) is 5.82 Å². The summed E-state index contributed by atoms with van der Waals surface area (Å²) in [5.74, 6) is 1.91. The Hall–Kier alpha value is -3.14. The van der Waals surface area contributed by atoms with Crippen molar-refractivity contribution in [3.8, 4) is 34.2 Å². The van der Waals surface area contributed by atoms with Gasteiger partial charge in [0, 0.05) is 16.7 Å². The van der Waals surface area contributed by atoms with Gasteiger partial charge >= 0.3 is 0 Å². The van der Waals surface area contributed by atoms with Gasteiger partial charge < -0.3 is 8.94 Å². The predicted octanol–water partition coefficient (Wildman–Crippen LogP) is 4.97. The highest BCUT2D eigenvalue weighted by atomic mass is 16.5. The van der Waals surface area contributed by atoms with Crippen molar-refractivity contribution in [1.82, 2.24) is 10.1 Å². The molecule has 0 amide bonds. The zero-order chi connectivity index (χ0) is 15.6. The van der Waals surface area contributed by atoms with Crippen LogP contribution in [0.5, 0.6) is 0 Å². The molecule has 0 saturated heterocycles. The number of aromatic nitrogens is 2. The van der Waals surface area contributed by atoms with Gasteiger partial charge in [0.1, 0.15) is 5.76 Å². The van der Waals surface area contributed by atoms with Gasteiger partial charge in [-0.15, -0.1) is 0 Å². The van der Waals surface area contributed by atoms with E-state index < -0.39 is 0 Å². The zero-order valence-electron chi connectivity index (χ0n) is 12.6. The van der Waals surface area contributed by atoms with Crippen LogP contribution in [0.4, 0.5) is 0 Å². The van der Waals surface area contributed by atoms with Crippen molar-refractivity contribution in [2.24, 2.45) is 0 Å². The van der Waals surface area contributed by atoms with Crippen LogP contribution in [0.3, 0.4) is 0 Å². The van der Waals surface area contributed by atoms with Gasteiger partial charge in [0.05, 0.1) is 6.26 Å². The smallest absolute Gasteiger partial charge is 0.258 e. The van der Waals surface area contributed by atoms with E-state index in [1.165, 1.54) is 0 Å². The minimum absolute atomic E-state index is 0.497. The van der Waals surface area contributed by atoms with Gasteiger partial charge in [-0.3, -0.25) is 0 Å². The second-order valence-corrected chi connectivity index (χ2v) is 5.30. The SMILES string of the molecule is Cc1ccccc1-c1noc(-c2cccc(-c3ccco3)c2)n1. The molecule has 4 rings (SSSR count). The molecular weight excluding hydrogens is 288 g/mol. The van der Waals surface area contributed by atoms with Crippen LogP contribution in [-0.4, -0.2) is 10.1 Å². The van der Waals surface area contributed by atoms with Crippen molar-refractivity contribution in [2.75, 3.05) is 0 Å². The van der Waals surface area contributed by atoms with E-state index in [2.05, 4.69) is 10.1 Å². The summed E-state index contributed by atoms with van der Waals surface area (Å²) in [4.78, 5) is 4.53. The molecule has 2 aromatic heterocycles. The fraction of sp³-hybridized carbons (Fsp3) is 0.0526. The molecule has 0 spiro atoms. The molecule has 0 aliphatic heterocycles. The van der Waals surface area contributed by atoms with E-state index in [-0.39, 0.29) is 0 Å². The van der Waals surface area contributed by atoms with Gasteiger partial charge in [-0.25, -0.2) is 0 Å². The number of nitrogens with zero attached hydrogens (tertiary/aromatic N) is 2. The van der Waals surface area contributed by atoms with E-state index in [1.54, 1.807) is 6.26 Å².